The van der Waals surface area contributed by atoms with E-state index in [0.717, 1.165) is 17.1 Å². The molecule has 0 atom stereocenters. The fourth-order valence-corrected chi connectivity index (χ4v) is 2.81. The normalized spacial score (nSPS) is 9.53. The fourth-order valence-electron chi connectivity index (χ4n) is 2.81. The molecular weight excluding hydrogens is 460 g/mol. The van der Waals surface area contributed by atoms with Gasteiger partial charge in [-0.3, -0.25) is 14.0 Å². The van der Waals surface area contributed by atoms with E-state index < -0.39 is 0 Å². The molecule has 165 valence electrons. The second kappa shape index (κ2) is 13.4. The standard InChI is InChI=1S/3C9H7N2.Cr/c3*1-2-5-9(6-3-1)11-8-4-7-10-11;/h3*1-5,7-8H;/q3*-1;+3. The minimum Gasteiger partial charge on any atom is -0.266 e. The second-order valence-corrected chi connectivity index (χ2v) is 6.60. The van der Waals surface area contributed by atoms with E-state index in [1.807, 2.05) is 110 Å². The molecule has 0 aliphatic carbocycles. The van der Waals surface area contributed by atoms with Gasteiger partial charge in [0.05, 0.1) is 0 Å². The summed E-state index contributed by atoms with van der Waals surface area (Å²) in [6.07, 6.45) is 10.9. The summed E-state index contributed by atoms with van der Waals surface area (Å²) in [6, 6.07) is 38.1. The molecule has 6 rings (SSSR count). The Hall–Kier alpha value is -4.18. The Bertz CT molecular complexity index is 1100. The Balaban J connectivity index is 0.000000141. The molecule has 1 radical (unpaired) electrons. The maximum Gasteiger partial charge on any atom is 3.00 e. The van der Waals surface area contributed by atoms with Crippen LogP contribution in [0.15, 0.2) is 128 Å². The first kappa shape index (κ1) is 24.5. The van der Waals surface area contributed by atoms with Crippen LogP contribution in [0.2, 0.25) is 0 Å². The van der Waals surface area contributed by atoms with Crippen molar-refractivity contribution in [1.82, 2.24) is 29.3 Å². The summed E-state index contributed by atoms with van der Waals surface area (Å²) in [4.78, 5) is 0. The van der Waals surface area contributed by atoms with Crippen molar-refractivity contribution in [2.75, 3.05) is 0 Å². The van der Waals surface area contributed by atoms with Crippen LogP contribution in [0.3, 0.4) is 0 Å². The van der Waals surface area contributed by atoms with Crippen LogP contribution in [0, 0.1) is 18.2 Å². The molecule has 0 unspecified atom stereocenters. The van der Waals surface area contributed by atoms with Crippen LogP contribution in [0.25, 0.3) is 17.1 Å². The Morgan fingerprint density at radius 3 is 0.971 bits per heavy atom. The molecule has 0 saturated carbocycles. The molecular formula is C27H21CrN6. The molecule has 34 heavy (non-hydrogen) atoms. The van der Waals surface area contributed by atoms with Gasteiger partial charge in [-0.25, -0.2) is 0 Å². The van der Waals surface area contributed by atoms with E-state index in [2.05, 4.69) is 33.5 Å². The van der Waals surface area contributed by atoms with Crippen molar-refractivity contribution >= 4 is 0 Å². The van der Waals surface area contributed by atoms with Crippen molar-refractivity contribution in [3.63, 3.8) is 0 Å². The number of hydrogen-bond donors (Lipinski definition) is 0. The van der Waals surface area contributed by atoms with Crippen molar-refractivity contribution in [3.8, 4) is 17.1 Å². The van der Waals surface area contributed by atoms with Gasteiger partial charge in [-0.1, -0.05) is 0 Å². The minimum absolute atomic E-state index is 0. The van der Waals surface area contributed by atoms with Crippen molar-refractivity contribution in [1.29, 1.82) is 0 Å². The zero-order chi connectivity index (χ0) is 22.6. The van der Waals surface area contributed by atoms with Gasteiger partial charge in [-0.15, -0.1) is 18.2 Å². The topological polar surface area (TPSA) is 53.5 Å². The summed E-state index contributed by atoms with van der Waals surface area (Å²) in [6.45, 7) is 0. The molecule has 0 amide bonds. The Kier molecular flexibility index (Phi) is 9.63. The Morgan fingerprint density at radius 2 is 0.765 bits per heavy atom. The predicted molar refractivity (Wildman–Crippen MR) is 127 cm³/mol. The van der Waals surface area contributed by atoms with E-state index in [0.29, 0.717) is 0 Å². The zero-order valence-electron chi connectivity index (χ0n) is 18.2. The molecule has 0 bridgehead atoms. The van der Waals surface area contributed by atoms with Gasteiger partial charge in [-0.2, -0.15) is 88.1 Å². The zero-order valence-corrected chi connectivity index (χ0v) is 19.5. The number of hydrogen-bond acceptors (Lipinski definition) is 3. The maximum absolute atomic E-state index is 4.07. The summed E-state index contributed by atoms with van der Waals surface area (Å²) in [7, 11) is 0. The molecule has 3 heterocycles. The summed E-state index contributed by atoms with van der Waals surface area (Å²) < 4.78 is 5.33. The molecule has 0 N–H and O–H groups in total. The quantitative estimate of drug-likeness (QED) is 0.334. The predicted octanol–water partition coefficient (Wildman–Crippen LogP) is 5.01. The SMILES string of the molecule is [Cr+3].[c-]1ccccc1-n1cccn1.[c-]1ccccc1-n1cccn1.[c-]1ccccc1-n1cccn1. The van der Waals surface area contributed by atoms with Gasteiger partial charge in [-0.05, 0) is 35.3 Å². The van der Waals surface area contributed by atoms with Crippen molar-refractivity contribution in [2.45, 2.75) is 0 Å². The Morgan fingerprint density at radius 1 is 0.441 bits per heavy atom. The molecule has 0 aliphatic rings. The van der Waals surface area contributed by atoms with Crippen LogP contribution < -0.4 is 0 Å². The van der Waals surface area contributed by atoms with Crippen molar-refractivity contribution in [3.05, 3.63) is 146 Å². The minimum atomic E-state index is 0. The smallest absolute Gasteiger partial charge is 0.266 e. The van der Waals surface area contributed by atoms with E-state index in [4.69, 9.17) is 0 Å². The molecule has 6 aromatic rings. The molecule has 6 nitrogen and oxygen atoms in total. The first-order valence-electron chi connectivity index (χ1n) is 10.3. The largest absolute Gasteiger partial charge is 3.00 e. The van der Waals surface area contributed by atoms with Gasteiger partial charge in [0.15, 0.2) is 0 Å². The van der Waals surface area contributed by atoms with Gasteiger partial charge >= 0.3 is 17.4 Å². The van der Waals surface area contributed by atoms with E-state index in [-0.39, 0.29) is 17.4 Å². The average molecular weight is 482 g/mol. The van der Waals surface area contributed by atoms with Gasteiger partial charge in [0.2, 0.25) is 0 Å². The van der Waals surface area contributed by atoms with E-state index >= 15 is 0 Å². The third-order valence-electron chi connectivity index (χ3n) is 4.33. The van der Waals surface area contributed by atoms with Gasteiger partial charge < -0.3 is 0 Å². The van der Waals surface area contributed by atoms with Crippen LogP contribution in [0.4, 0.5) is 0 Å². The summed E-state index contributed by atoms with van der Waals surface area (Å²) in [5.41, 5.74) is 2.91. The van der Waals surface area contributed by atoms with Crippen LogP contribution in [0.5, 0.6) is 0 Å². The third-order valence-corrected chi connectivity index (χ3v) is 4.33. The van der Waals surface area contributed by atoms with Gasteiger partial charge in [0, 0.05) is 37.2 Å². The van der Waals surface area contributed by atoms with E-state index in [9.17, 15) is 0 Å². The first-order valence-corrected chi connectivity index (χ1v) is 10.3. The molecule has 0 saturated heterocycles. The summed E-state index contributed by atoms with van der Waals surface area (Å²) >= 11 is 0. The van der Waals surface area contributed by atoms with E-state index in [1.165, 1.54) is 0 Å². The molecule has 7 heteroatoms. The molecule has 3 aromatic heterocycles. The number of rotatable bonds is 3. The number of aromatic nitrogens is 6. The summed E-state index contributed by atoms with van der Waals surface area (Å²) in [5, 5.41) is 12.2. The fraction of sp³-hybridized carbons (Fsp3) is 0. The summed E-state index contributed by atoms with van der Waals surface area (Å²) in [5.74, 6) is 0. The molecule has 0 spiro atoms. The average Bonchev–Trinajstić information content (AvgIpc) is 3.70. The van der Waals surface area contributed by atoms with Crippen LogP contribution in [-0.2, 0) is 17.4 Å². The number of nitrogens with zero attached hydrogens (tertiary/aromatic N) is 6. The van der Waals surface area contributed by atoms with Crippen LogP contribution in [0.1, 0.15) is 0 Å². The third kappa shape index (κ3) is 7.17. The molecule has 3 aromatic carbocycles. The number of benzene rings is 3. The van der Waals surface area contributed by atoms with Crippen molar-refractivity contribution < 1.29 is 17.4 Å². The first-order chi connectivity index (χ1) is 16.4. The second-order valence-electron chi connectivity index (χ2n) is 6.60. The Labute approximate surface area is 209 Å². The monoisotopic (exact) mass is 481 g/mol. The maximum atomic E-state index is 4.07. The van der Waals surface area contributed by atoms with Gasteiger partial charge in [0.25, 0.3) is 0 Å². The number of para-hydroxylation sites is 3. The van der Waals surface area contributed by atoms with Crippen LogP contribution >= 0.6 is 0 Å². The van der Waals surface area contributed by atoms with Crippen LogP contribution in [-0.4, -0.2) is 29.3 Å². The molecule has 0 fully saturated rings. The van der Waals surface area contributed by atoms with Crippen molar-refractivity contribution in [2.24, 2.45) is 0 Å². The molecule has 0 aliphatic heterocycles. The van der Waals surface area contributed by atoms with Gasteiger partial charge in [0.1, 0.15) is 0 Å². The van der Waals surface area contributed by atoms with E-state index in [1.54, 1.807) is 32.6 Å².